The van der Waals surface area contributed by atoms with Crippen molar-refractivity contribution in [3.63, 3.8) is 0 Å². The highest BCUT2D eigenvalue weighted by Crippen LogP contribution is 2.32. The van der Waals surface area contributed by atoms with Crippen LogP contribution in [0.3, 0.4) is 0 Å². The molecule has 1 aromatic heterocycles. The Morgan fingerprint density at radius 2 is 1.96 bits per heavy atom. The Bertz CT molecular complexity index is 826. The fourth-order valence-corrected chi connectivity index (χ4v) is 3.12. The molecule has 1 N–H and O–H groups in total. The van der Waals surface area contributed by atoms with Crippen molar-refractivity contribution in [3.05, 3.63) is 53.2 Å². The van der Waals surface area contributed by atoms with Crippen LogP contribution in [0.1, 0.15) is 41.4 Å². The van der Waals surface area contributed by atoms with Crippen molar-refractivity contribution in [2.75, 3.05) is 13.2 Å². The minimum absolute atomic E-state index is 0.223. The van der Waals surface area contributed by atoms with Crippen LogP contribution in [0.5, 0.6) is 0 Å². The largest absolute Gasteiger partial charge is 0.416 e. The van der Waals surface area contributed by atoms with E-state index in [1.54, 1.807) is 24.3 Å². The predicted octanol–water partition coefficient (Wildman–Crippen LogP) is 4.37. The van der Waals surface area contributed by atoms with Crippen molar-refractivity contribution in [1.29, 1.82) is 0 Å². The summed E-state index contributed by atoms with van der Waals surface area (Å²) in [4.78, 5) is 16.5. The van der Waals surface area contributed by atoms with E-state index in [1.807, 2.05) is 6.92 Å². The van der Waals surface area contributed by atoms with Gasteiger partial charge in [-0.25, -0.2) is 0 Å². The number of hydrogen-bond donors (Lipinski definition) is 1. The Balaban J connectivity index is 1.73. The molecule has 144 valence electrons. The van der Waals surface area contributed by atoms with E-state index in [2.05, 4.69) is 10.3 Å². The molecule has 0 unspecified atom stereocenters. The van der Waals surface area contributed by atoms with Crippen LogP contribution in [0.2, 0.25) is 0 Å². The van der Waals surface area contributed by atoms with Crippen LogP contribution < -0.4 is 5.32 Å². The first-order chi connectivity index (χ1) is 12.7. The van der Waals surface area contributed by atoms with Gasteiger partial charge in [-0.2, -0.15) is 13.2 Å². The smallest absolute Gasteiger partial charge is 0.373 e. The number of ether oxygens (including phenoxy) is 1. The SMILES string of the molecule is Cc1cc(C(F)(F)F)cc(-c2ccc(C(=O)NC[C@]3(C)CCCO3)cc2)n1. The standard InChI is InChI=1S/C20H21F3N2O2/c1-13-10-16(20(21,22)23)11-17(25-13)14-4-6-15(7-5-14)18(26)24-12-19(2)8-3-9-27-19/h4-7,10-11H,3,8-9,12H2,1-2H3,(H,24,26)/t19-/m0/s1. The summed E-state index contributed by atoms with van der Waals surface area (Å²) in [6.07, 6.45) is -2.56. The van der Waals surface area contributed by atoms with Crippen molar-refractivity contribution >= 4 is 5.91 Å². The van der Waals surface area contributed by atoms with Crippen LogP contribution in [0.4, 0.5) is 13.2 Å². The average Bonchev–Trinajstić information content (AvgIpc) is 3.05. The van der Waals surface area contributed by atoms with E-state index < -0.39 is 11.7 Å². The molecule has 4 nitrogen and oxygen atoms in total. The van der Waals surface area contributed by atoms with Gasteiger partial charge in [0.15, 0.2) is 0 Å². The molecule has 1 saturated heterocycles. The molecule has 2 heterocycles. The zero-order valence-electron chi connectivity index (χ0n) is 15.2. The highest BCUT2D eigenvalue weighted by molar-refractivity contribution is 5.94. The molecule has 1 aromatic carbocycles. The monoisotopic (exact) mass is 378 g/mol. The van der Waals surface area contributed by atoms with Crippen LogP contribution >= 0.6 is 0 Å². The second-order valence-corrected chi connectivity index (χ2v) is 7.04. The van der Waals surface area contributed by atoms with Crippen molar-refractivity contribution in [3.8, 4) is 11.3 Å². The second-order valence-electron chi connectivity index (χ2n) is 7.04. The molecule has 0 bridgehead atoms. The summed E-state index contributed by atoms with van der Waals surface area (Å²) < 4.78 is 44.6. The summed E-state index contributed by atoms with van der Waals surface area (Å²) in [5, 5.41) is 2.85. The molecule has 0 radical (unpaired) electrons. The van der Waals surface area contributed by atoms with Gasteiger partial charge in [-0.15, -0.1) is 0 Å². The topological polar surface area (TPSA) is 51.2 Å². The molecule has 1 atom stereocenters. The number of carbonyl (C=O) groups is 1. The van der Waals surface area contributed by atoms with Gasteiger partial charge in [-0.05, 0) is 51.0 Å². The molecule has 1 aliphatic heterocycles. The van der Waals surface area contributed by atoms with Gasteiger partial charge in [0, 0.05) is 30.0 Å². The van der Waals surface area contributed by atoms with E-state index in [1.165, 1.54) is 6.92 Å². The molecule has 27 heavy (non-hydrogen) atoms. The fraction of sp³-hybridized carbons (Fsp3) is 0.400. The van der Waals surface area contributed by atoms with Crippen LogP contribution in [-0.2, 0) is 10.9 Å². The normalized spacial score (nSPS) is 19.9. The van der Waals surface area contributed by atoms with Gasteiger partial charge in [-0.1, -0.05) is 12.1 Å². The summed E-state index contributed by atoms with van der Waals surface area (Å²) in [6.45, 7) is 4.60. The molecule has 3 rings (SSSR count). The molecular formula is C20H21F3N2O2. The third-order valence-corrected chi connectivity index (χ3v) is 4.65. The Kier molecular flexibility index (Phi) is 5.24. The van der Waals surface area contributed by atoms with Gasteiger partial charge in [0.25, 0.3) is 5.91 Å². The summed E-state index contributed by atoms with van der Waals surface area (Å²) in [6, 6.07) is 8.39. The highest BCUT2D eigenvalue weighted by Gasteiger charge is 2.32. The van der Waals surface area contributed by atoms with E-state index >= 15 is 0 Å². The summed E-state index contributed by atoms with van der Waals surface area (Å²) in [7, 11) is 0. The van der Waals surface area contributed by atoms with Crippen LogP contribution in [0, 0.1) is 6.92 Å². The number of rotatable bonds is 4. The van der Waals surface area contributed by atoms with Gasteiger partial charge in [0.1, 0.15) is 0 Å². The zero-order valence-corrected chi connectivity index (χ0v) is 15.2. The van der Waals surface area contributed by atoms with Crippen LogP contribution in [-0.4, -0.2) is 29.6 Å². The summed E-state index contributed by atoms with van der Waals surface area (Å²) >= 11 is 0. The van der Waals surface area contributed by atoms with Gasteiger partial charge in [-0.3, -0.25) is 9.78 Å². The lowest BCUT2D eigenvalue weighted by Crippen LogP contribution is -2.40. The number of aryl methyl sites for hydroxylation is 1. The molecule has 1 fully saturated rings. The maximum Gasteiger partial charge on any atom is 0.416 e. The van der Waals surface area contributed by atoms with E-state index in [4.69, 9.17) is 4.74 Å². The molecule has 2 aromatic rings. The highest BCUT2D eigenvalue weighted by atomic mass is 19.4. The van der Waals surface area contributed by atoms with E-state index in [0.717, 1.165) is 25.0 Å². The number of halogens is 3. The summed E-state index contributed by atoms with van der Waals surface area (Å²) in [5.74, 6) is -0.244. The predicted molar refractivity (Wildman–Crippen MR) is 95.3 cm³/mol. The first-order valence-corrected chi connectivity index (χ1v) is 8.75. The van der Waals surface area contributed by atoms with Gasteiger partial charge in [0.05, 0.1) is 16.9 Å². The lowest BCUT2D eigenvalue weighted by atomic mass is 10.0. The Morgan fingerprint density at radius 3 is 2.56 bits per heavy atom. The molecule has 0 saturated carbocycles. The number of alkyl halides is 3. The van der Waals surface area contributed by atoms with Crippen molar-refractivity contribution < 1.29 is 22.7 Å². The second kappa shape index (κ2) is 7.31. The minimum Gasteiger partial charge on any atom is -0.373 e. The molecule has 1 aliphatic rings. The van der Waals surface area contributed by atoms with E-state index in [-0.39, 0.29) is 22.9 Å². The Hall–Kier alpha value is -2.41. The maximum atomic E-state index is 13.0. The quantitative estimate of drug-likeness (QED) is 0.859. The first-order valence-electron chi connectivity index (χ1n) is 8.75. The van der Waals surface area contributed by atoms with E-state index in [9.17, 15) is 18.0 Å². The Labute approximate surface area is 155 Å². The maximum absolute atomic E-state index is 13.0. The van der Waals surface area contributed by atoms with Gasteiger partial charge >= 0.3 is 6.18 Å². The van der Waals surface area contributed by atoms with Crippen molar-refractivity contribution in [2.45, 2.75) is 38.5 Å². The minimum atomic E-state index is -4.43. The first kappa shape index (κ1) is 19.4. The number of nitrogens with zero attached hydrogens (tertiary/aromatic N) is 1. The molecule has 1 amide bonds. The number of pyridine rings is 1. The number of benzene rings is 1. The van der Waals surface area contributed by atoms with Gasteiger partial charge in [0.2, 0.25) is 0 Å². The van der Waals surface area contributed by atoms with E-state index in [0.29, 0.717) is 24.3 Å². The third-order valence-electron chi connectivity index (χ3n) is 4.65. The number of amides is 1. The van der Waals surface area contributed by atoms with Crippen LogP contribution in [0.15, 0.2) is 36.4 Å². The number of carbonyl (C=O) groups excluding carboxylic acids is 1. The molecular weight excluding hydrogens is 357 g/mol. The Morgan fingerprint density at radius 1 is 1.26 bits per heavy atom. The number of nitrogens with one attached hydrogen (secondary N) is 1. The van der Waals surface area contributed by atoms with Crippen molar-refractivity contribution in [1.82, 2.24) is 10.3 Å². The third kappa shape index (κ3) is 4.66. The number of aromatic nitrogens is 1. The fourth-order valence-electron chi connectivity index (χ4n) is 3.12. The van der Waals surface area contributed by atoms with Gasteiger partial charge < -0.3 is 10.1 Å². The summed E-state index contributed by atoms with van der Waals surface area (Å²) in [5.41, 5.74) is 0.384. The van der Waals surface area contributed by atoms with Crippen LogP contribution in [0.25, 0.3) is 11.3 Å². The lowest BCUT2D eigenvalue weighted by molar-refractivity contribution is -0.137. The number of hydrogen-bond acceptors (Lipinski definition) is 3. The molecule has 0 spiro atoms. The average molecular weight is 378 g/mol. The zero-order chi connectivity index (χ0) is 19.7. The lowest BCUT2D eigenvalue weighted by Gasteiger charge is -2.23. The molecule has 7 heteroatoms. The molecule has 0 aliphatic carbocycles. The van der Waals surface area contributed by atoms with Crippen molar-refractivity contribution in [2.24, 2.45) is 0 Å².